The van der Waals surface area contributed by atoms with Crippen molar-refractivity contribution >= 4 is 17.7 Å². The van der Waals surface area contributed by atoms with Crippen molar-refractivity contribution in [1.82, 2.24) is 20.2 Å². The molecular formula is C9H8F3N5OS. The number of halogens is 3. The molecule has 19 heavy (non-hydrogen) atoms. The van der Waals surface area contributed by atoms with Crippen molar-refractivity contribution in [3.8, 4) is 0 Å². The summed E-state index contributed by atoms with van der Waals surface area (Å²) in [5.74, 6) is 0.190. The summed E-state index contributed by atoms with van der Waals surface area (Å²) in [6.45, 7) is 1.58. The average molecular weight is 291 g/mol. The van der Waals surface area contributed by atoms with Crippen LogP contribution in [0.15, 0.2) is 20.7 Å². The lowest BCUT2D eigenvalue weighted by molar-refractivity contribution is -0.141. The second kappa shape index (κ2) is 5.03. The maximum atomic E-state index is 12.6. The fourth-order valence-electron chi connectivity index (χ4n) is 1.14. The highest BCUT2D eigenvalue weighted by Gasteiger charge is 2.33. The van der Waals surface area contributed by atoms with E-state index in [2.05, 4.69) is 25.5 Å². The van der Waals surface area contributed by atoms with E-state index in [1.165, 1.54) is 7.05 Å². The van der Waals surface area contributed by atoms with Crippen LogP contribution < -0.4 is 5.32 Å². The highest BCUT2D eigenvalue weighted by Crippen LogP contribution is 2.32. The molecule has 0 saturated carbocycles. The standard InChI is InChI=1S/C9H8F3N5OS/c1-4-16-17-8(18-4)19-6-3-5(9(10,11)12)14-7(13-2)15-6/h3H,1-2H3,(H,13,14,15). The van der Waals surface area contributed by atoms with Crippen LogP contribution in [0.5, 0.6) is 0 Å². The topological polar surface area (TPSA) is 76.7 Å². The van der Waals surface area contributed by atoms with Crippen molar-refractivity contribution in [2.24, 2.45) is 0 Å². The first kappa shape index (κ1) is 13.6. The van der Waals surface area contributed by atoms with Crippen LogP contribution in [0, 0.1) is 6.92 Å². The summed E-state index contributed by atoms with van der Waals surface area (Å²) in [6.07, 6.45) is -4.55. The Hall–Kier alpha value is -1.84. The molecule has 0 radical (unpaired) electrons. The normalized spacial score (nSPS) is 11.6. The van der Waals surface area contributed by atoms with E-state index in [-0.39, 0.29) is 16.2 Å². The highest BCUT2D eigenvalue weighted by atomic mass is 32.2. The van der Waals surface area contributed by atoms with Crippen molar-refractivity contribution in [2.45, 2.75) is 23.3 Å². The van der Waals surface area contributed by atoms with E-state index in [1.54, 1.807) is 6.92 Å². The SMILES string of the molecule is CNc1nc(Sc2nnc(C)o2)cc(C(F)(F)F)n1. The van der Waals surface area contributed by atoms with Gasteiger partial charge in [0.2, 0.25) is 11.8 Å². The quantitative estimate of drug-likeness (QED) is 0.870. The molecule has 0 amide bonds. The van der Waals surface area contributed by atoms with E-state index >= 15 is 0 Å². The summed E-state index contributed by atoms with van der Waals surface area (Å²) in [6, 6.07) is 0.824. The van der Waals surface area contributed by atoms with E-state index in [9.17, 15) is 13.2 Å². The Morgan fingerprint density at radius 3 is 2.53 bits per heavy atom. The Balaban J connectivity index is 2.34. The minimum atomic E-state index is -4.55. The van der Waals surface area contributed by atoms with E-state index in [0.717, 1.165) is 17.8 Å². The van der Waals surface area contributed by atoms with Crippen molar-refractivity contribution < 1.29 is 17.6 Å². The molecule has 0 aromatic carbocycles. The maximum absolute atomic E-state index is 12.6. The van der Waals surface area contributed by atoms with Crippen molar-refractivity contribution in [3.05, 3.63) is 17.7 Å². The van der Waals surface area contributed by atoms with Crippen LogP contribution in [0.4, 0.5) is 19.1 Å². The zero-order valence-corrected chi connectivity index (χ0v) is 10.6. The number of hydrogen-bond acceptors (Lipinski definition) is 7. The van der Waals surface area contributed by atoms with Gasteiger partial charge in [-0.15, -0.1) is 10.2 Å². The minimum absolute atomic E-state index is 0.0651. The Morgan fingerprint density at radius 1 is 1.26 bits per heavy atom. The Kier molecular flexibility index (Phi) is 3.60. The lowest BCUT2D eigenvalue weighted by atomic mass is 10.4. The summed E-state index contributed by atoms with van der Waals surface area (Å²) in [4.78, 5) is 7.23. The summed E-state index contributed by atoms with van der Waals surface area (Å²) in [5.41, 5.74) is -1.04. The van der Waals surface area contributed by atoms with Crippen LogP contribution >= 0.6 is 11.8 Å². The van der Waals surface area contributed by atoms with Crippen LogP contribution in [-0.2, 0) is 6.18 Å². The molecule has 0 aliphatic heterocycles. The maximum Gasteiger partial charge on any atom is 0.433 e. The average Bonchev–Trinajstić information content (AvgIpc) is 2.73. The number of hydrogen-bond donors (Lipinski definition) is 1. The second-order valence-electron chi connectivity index (χ2n) is 3.35. The third kappa shape index (κ3) is 3.34. The molecular weight excluding hydrogens is 283 g/mol. The van der Waals surface area contributed by atoms with E-state index in [1.807, 2.05) is 0 Å². The van der Waals surface area contributed by atoms with Gasteiger partial charge in [-0.2, -0.15) is 13.2 Å². The van der Waals surface area contributed by atoms with Gasteiger partial charge >= 0.3 is 6.18 Å². The zero-order valence-electron chi connectivity index (χ0n) is 9.82. The Morgan fingerprint density at radius 2 is 2.00 bits per heavy atom. The van der Waals surface area contributed by atoms with Gasteiger partial charge in [0.15, 0.2) is 5.69 Å². The fourth-order valence-corrected chi connectivity index (χ4v) is 1.87. The number of nitrogens with one attached hydrogen (secondary N) is 1. The zero-order chi connectivity index (χ0) is 14.0. The van der Waals surface area contributed by atoms with E-state index < -0.39 is 11.9 Å². The number of alkyl halides is 3. The van der Waals surface area contributed by atoms with Gasteiger partial charge in [0.25, 0.3) is 5.22 Å². The van der Waals surface area contributed by atoms with Gasteiger partial charge in [0.05, 0.1) is 0 Å². The molecule has 1 N–H and O–H groups in total. The predicted molar refractivity (Wildman–Crippen MR) is 59.7 cm³/mol. The molecule has 2 rings (SSSR count). The summed E-state index contributed by atoms with van der Waals surface area (Å²) < 4.78 is 43.0. The Labute approximate surface area is 109 Å². The predicted octanol–water partition coefficient (Wildman–Crippen LogP) is 2.38. The minimum Gasteiger partial charge on any atom is -0.416 e. The number of aromatic nitrogens is 4. The molecule has 2 aromatic heterocycles. The largest absolute Gasteiger partial charge is 0.433 e. The van der Waals surface area contributed by atoms with E-state index in [4.69, 9.17) is 4.42 Å². The number of rotatable bonds is 3. The van der Waals surface area contributed by atoms with Gasteiger partial charge in [-0.3, -0.25) is 0 Å². The van der Waals surface area contributed by atoms with Gasteiger partial charge in [-0.05, 0) is 11.8 Å². The highest BCUT2D eigenvalue weighted by molar-refractivity contribution is 7.99. The first-order valence-corrected chi connectivity index (χ1v) is 5.82. The number of anilines is 1. The van der Waals surface area contributed by atoms with Gasteiger partial charge in [0.1, 0.15) is 5.03 Å². The molecule has 0 bridgehead atoms. The van der Waals surface area contributed by atoms with Gasteiger partial charge in [0, 0.05) is 20.0 Å². The van der Waals surface area contributed by atoms with E-state index in [0.29, 0.717) is 5.89 Å². The second-order valence-corrected chi connectivity index (χ2v) is 4.32. The van der Waals surface area contributed by atoms with Crippen LogP contribution in [-0.4, -0.2) is 27.2 Å². The Bertz CT molecular complexity index is 585. The first-order valence-electron chi connectivity index (χ1n) is 5.00. The monoisotopic (exact) mass is 291 g/mol. The molecule has 0 aliphatic rings. The van der Waals surface area contributed by atoms with Crippen LogP contribution in [0.25, 0.3) is 0 Å². The summed E-state index contributed by atoms with van der Waals surface area (Å²) >= 11 is 0.837. The molecule has 0 spiro atoms. The molecule has 2 heterocycles. The molecule has 2 aromatic rings. The smallest absolute Gasteiger partial charge is 0.416 e. The van der Waals surface area contributed by atoms with Crippen LogP contribution in [0.2, 0.25) is 0 Å². The molecule has 0 fully saturated rings. The molecule has 0 saturated heterocycles. The lowest BCUT2D eigenvalue weighted by Crippen LogP contribution is -2.11. The number of aryl methyl sites for hydroxylation is 1. The molecule has 0 aliphatic carbocycles. The first-order chi connectivity index (χ1) is 8.88. The third-order valence-corrected chi connectivity index (χ3v) is 2.67. The fraction of sp³-hybridized carbons (Fsp3) is 0.333. The van der Waals surface area contributed by atoms with Gasteiger partial charge < -0.3 is 9.73 Å². The summed E-state index contributed by atoms with van der Waals surface area (Å²) in [7, 11) is 1.43. The molecule has 0 atom stereocenters. The number of nitrogens with zero attached hydrogens (tertiary/aromatic N) is 4. The molecule has 6 nitrogen and oxygen atoms in total. The van der Waals surface area contributed by atoms with Crippen molar-refractivity contribution in [1.29, 1.82) is 0 Å². The molecule has 102 valence electrons. The summed E-state index contributed by atoms with van der Waals surface area (Å²) in [5, 5.41) is 9.90. The van der Waals surface area contributed by atoms with Crippen molar-refractivity contribution in [3.63, 3.8) is 0 Å². The molecule has 0 unspecified atom stereocenters. The van der Waals surface area contributed by atoms with Gasteiger partial charge in [-0.25, -0.2) is 9.97 Å². The molecule has 10 heteroatoms. The van der Waals surface area contributed by atoms with Crippen LogP contribution in [0.3, 0.4) is 0 Å². The third-order valence-electron chi connectivity index (χ3n) is 1.92. The lowest BCUT2D eigenvalue weighted by Gasteiger charge is -2.08. The van der Waals surface area contributed by atoms with Crippen molar-refractivity contribution in [2.75, 3.05) is 12.4 Å². The van der Waals surface area contributed by atoms with Gasteiger partial charge in [-0.1, -0.05) is 0 Å². The van der Waals surface area contributed by atoms with Crippen LogP contribution in [0.1, 0.15) is 11.6 Å².